The first-order valence-corrected chi connectivity index (χ1v) is 4.56. The van der Waals surface area contributed by atoms with E-state index in [0.29, 0.717) is 0 Å². The number of alkyl halides is 9. The quantitative estimate of drug-likeness (QED) is 0.642. The van der Waals surface area contributed by atoms with Crippen molar-refractivity contribution in [2.75, 3.05) is 0 Å². The first-order chi connectivity index (χ1) is 9.21. The van der Waals surface area contributed by atoms with E-state index in [1.165, 1.54) is 0 Å². The van der Waals surface area contributed by atoms with Crippen LogP contribution in [0.15, 0.2) is 9.97 Å². The second kappa shape index (κ2) is 5.29. The van der Waals surface area contributed by atoms with Gasteiger partial charge >= 0.3 is 23.9 Å². The Bertz CT molecular complexity index is 602. The second-order valence-electron chi connectivity index (χ2n) is 3.61. The fourth-order valence-electron chi connectivity index (χ4n) is 1.20. The maximum atomic E-state index is 13.3. The van der Waals surface area contributed by atoms with Gasteiger partial charge in [-0.05, 0) is 5.18 Å². The Kier molecular flexibility index (Phi) is 4.80. The first kappa shape index (κ1) is 19.9. The van der Waals surface area contributed by atoms with Crippen molar-refractivity contribution in [3.05, 3.63) is 21.0 Å². The molecule has 0 atom stereocenters. The van der Waals surface area contributed by atoms with Crippen molar-refractivity contribution in [1.29, 1.82) is 0 Å². The average Bonchev–Trinajstić information content (AvgIpc) is 2.68. The third-order valence-electron chi connectivity index (χ3n) is 2.30. The van der Waals surface area contributed by atoms with Crippen molar-refractivity contribution in [3.8, 4) is 0 Å². The number of aromatic nitrogens is 2. The molecule has 1 aromatic heterocycles. The summed E-state index contributed by atoms with van der Waals surface area (Å²) in [5, 5.41) is 3.67. The van der Waals surface area contributed by atoms with Crippen molar-refractivity contribution in [3.63, 3.8) is 0 Å². The molecule has 0 aliphatic heterocycles. The summed E-state index contributed by atoms with van der Waals surface area (Å²) >= 11 is 0. The van der Waals surface area contributed by atoms with E-state index < -0.39 is 40.9 Å². The molecule has 0 unspecified atom stereocenters. The molecule has 0 aliphatic carbocycles. The van der Waals surface area contributed by atoms with Crippen LogP contribution in [0.5, 0.6) is 0 Å². The Morgan fingerprint density at radius 1 is 0.818 bits per heavy atom. The monoisotopic (exact) mass is 349 g/mol. The SMILES string of the molecule is O.O=Nc1c(C(F)(F)C(F)(F)C(F)(F)C(F)(F)F)[nH][nH]c1=O. The van der Waals surface area contributed by atoms with Crippen LogP contribution >= 0.6 is 0 Å². The topological polar surface area (TPSA) is 110 Å². The maximum Gasteiger partial charge on any atom is 0.460 e. The fraction of sp³-hybridized carbons (Fsp3) is 0.571. The molecule has 0 spiro atoms. The predicted octanol–water partition coefficient (Wildman–Crippen LogP) is 2.20. The summed E-state index contributed by atoms with van der Waals surface area (Å²) in [6, 6.07) is 0. The lowest BCUT2D eigenvalue weighted by molar-refractivity contribution is -0.400. The molecule has 0 radical (unpaired) electrons. The minimum absolute atomic E-state index is 0. The summed E-state index contributed by atoms with van der Waals surface area (Å²) in [7, 11) is 0. The van der Waals surface area contributed by atoms with E-state index >= 15 is 0 Å². The maximum absolute atomic E-state index is 13.3. The van der Waals surface area contributed by atoms with Crippen molar-refractivity contribution < 1.29 is 45.0 Å². The van der Waals surface area contributed by atoms with Crippen molar-refractivity contribution in [1.82, 2.24) is 10.2 Å². The molecule has 1 aromatic rings. The molecular weight excluding hydrogens is 345 g/mol. The lowest BCUT2D eigenvalue weighted by Gasteiger charge is -2.32. The molecule has 0 bridgehead atoms. The fourth-order valence-corrected chi connectivity index (χ4v) is 1.20. The number of nitroso groups, excluding NO2 is 1. The van der Waals surface area contributed by atoms with E-state index in [0.717, 1.165) is 10.2 Å². The highest BCUT2D eigenvalue weighted by atomic mass is 19.4. The van der Waals surface area contributed by atoms with E-state index in [4.69, 9.17) is 0 Å². The third-order valence-corrected chi connectivity index (χ3v) is 2.30. The molecule has 0 saturated carbocycles. The Balaban J connectivity index is 0.00000441. The highest BCUT2D eigenvalue weighted by Crippen LogP contribution is 2.57. The molecule has 0 saturated heterocycles. The highest BCUT2D eigenvalue weighted by Gasteiger charge is 2.82. The predicted molar refractivity (Wildman–Crippen MR) is 50.3 cm³/mol. The lowest BCUT2D eigenvalue weighted by atomic mass is 10.0. The number of nitrogens with zero attached hydrogens (tertiary/aromatic N) is 1. The first-order valence-electron chi connectivity index (χ1n) is 4.56. The zero-order valence-corrected chi connectivity index (χ0v) is 9.67. The zero-order chi connectivity index (χ0) is 16.9. The van der Waals surface area contributed by atoms with Gasteiger partial charge in [-0.2, -0.15) is 39.5 Å². The van der Waals surface area contributed by atoms with Crippen LogP contribution in [0.25, 0.3) is 0 Å². The molecule has 1 rings (SSSR count). The summed E-state index contributed by atoms with van der Waals surface area (Å²) in [6.45, 7) is 0. The summed E-state index contributed by atoms with van der Waals surface area (Å²) in [5.74, 6) is -20.4. The van der Waals surface area contributed by atoms with Crippen LogP contribution in [0, 0.1) is 4.91 Å². The van der Waals surface area contributed by atoms with Gasteiger partial charge in [-0.25, -0.2) is 0 Å². The van der Waals surface area contributed by atoms with Gasteiger partial charge in [0.15, 0.2) is 0 Å². The van der Waals surface area contributed by atoms with E-state index in [1.807, 2.05) is 0 Å². The van der Waals surface area contributed by atoms with Crippen LogP contribution in [0.2, 0.25) is 0 Å². The van der Waals surface area contributed by atoms with Gasteiger partial charge in [0.05, 0.1) is 0 Å². The third kappa shape index (κ3) is 2.44. The molecule has 6 nitrogen and oxygen atoms in total. The van der Waals surface area contributed by atoms with Gasteiger partial charge in [0.1, 0.15) is 5.69 Å². The van der Waals surface area contributed by atoms with Gasteiger partial charge in [-0.15, -0.1) is 4.91 Å². The Hall–Kier alpha value is -2.06. The van der Waals surface area contributed by atoms with E-state index in [-0.39, 0.29) is 5.48 Å². The van der Waals surface area contributed by atoms with E-state index in [9.17, 15) is 49.2 Å². The molecule has 0 fully saturated rings. The summed E-state index contributed by atoms with van der Waals surface area (Å²) < 4.78 is 113. The Labute approximate surface area is 112 Å². The molecule has 0 aromatic carbocycles. The number of aromatic amines is 2. The number of H-pyrrole nitrogens is 2. The summed E-state index contributed by atoms with van der Waals surface area (Å²) in [4.78, 5) is 20.8. The van der Waals surface area contributed by atoms with Crippen molar-refractivity contribution >= 4 is 5.69 Å². The van der Waals surface area contributed by atoms with Gasteiger partial charge in [-0.3, -0.25) is 15.0 Å². The van der Waals surface area contributed by atoms with Crippen LogP contribution < -0.4 is 5.56 Å². The van der Waals surface area contributed by atoms with Gasteiger partial charge in [-0.1, -0.05) is 0 Å². The normalized spacial score (nSPS) is 13.7. The molecule has 22 heavy (non-hydrogen) atoms. The molecular formula is C7H4F9N3O3. The summed E-state index contributed by atoms with van der Waals surface area (Å²) in [5.41, 5.74) is -6.26. The van der Waals surface area contributed by atoms with E-state index in [2.05, 4.69) is 0 Å². The zero-order valence-electron chi connectivity index (χ0n) is 9.67. The van der Waals surface area contributed by atoms with Gasteiger partial charge < -0.3 is 5.48 Å². The van der Waals surface area contributed by atoms with Crippen LogP contribution in [0.4, 0.5) is 45.2 Å². The number of hydrogen-bond acceptors (Lipinski definition) is 3. The molecule has 0 aliphatic rings. The standard InChI is InChI=1S/C7H2F9N3O2.H2O/c8-4(9,2-1(19-21)3(20)18-17-2)5(10,11)6(12,13)7(14,15)16;/h(H2,17,18,20);1H2. The minimum atomic E-state index is -7.14. The largest absolute Gasteiger partial charge is 0.460 e. The minimum Gasteiger partial charge on any atom is -0.412 e. The molecule has 4 N–H and O–H groups in total. The number of halogens is 9. The van der Waals surface area contributed by atoms with Crippen LogP contribution in [-0.4, -0.2) is 33.7 Å². The van der Waals surface area contributed by atoms with Crippen LogP contribution in [0.3, 0.4) is 0 Å². The lowest BCUT2D eigenvalue weighted by Crippen LogP contribution is -2.59. The number of nitrogens with one attached hydrogen (secondary N) is 2. The van der Waals surface area contributed by atoms with Crippen molar-refractivity contribution in [2.45, 2.75) is 23.9 Å². The molecule has 0 amide bonds. The van der Waals surface area contributed by atoms with Gasteiger partial charge in [0.2, 0.25) is 5.69 Å². The highest BCUT2D eigenvalue weighted by molar-refractivity contribution is 5.43. The van der Waals surface area contributed by atoms with Crippen LogP contribution in [0.1, 0.15) is 5.69 Å². The molecule has 1 heterocycles. The molecule has 15 heteroatoms. The Morgan fingerprint density at radius 2 is 1.27 bits per heavy atom. The number of hydrogen-bond donors (Lipinski definition) is 2. The van der Waals surface area contributed by atoms with E-state index in [1.54, 1.807) is 5.18 Å². The number of rotatable bonds is 4. The van der Waals surface area contributed by atoms with Crippen molar-refractivity contribution in [2.24, 2.45) is 5.18 Å². The average molecular weight is 349 g/mol. The second-order valence-corrected chi connectivity index (χ2v) is 3.61. The van der Waals surface area contributed by atoms with Gasteiger partial charge in [0, 0.05) is 0 Å². The molecule has 128 valence electrons. The Morgan fingerprint density at radius 3 is 1.64 bits per heavy atom. The van der Waals surface area contributed by atoms with Crippen LogP contribution in [-0.2, 0) is 5.92 Å². The van der Waals surface area contributed by atoms with Gasteiger partial charge in [0.25, 0.3) is 5.56 Å². The summed E-state index contributed by atoms with van der Waals surface area (Å²) in [6.07, 6.45) is -7.01. The smallest absolute Gasteiger partial charge is 0.412 e.